The van der Waals surface area contributed by atoms with Gasteiger partial charge in [0.1, 0.15) is 0 Å². The third kappa shape index (κ3) is 9.78. The van der Waals surface area contributed by atoms with Gasteiger partial charge >= 0.3 is 0 Å². The van der Waals surface area contributed by atoms with E-state index >= 15 is 0 Å². The molecule has 2 atom stereocenters. The molecular weight excluding hydrogens is 166 g/mol. The van der Waals surface area contributed by atoms with Gasteiger partial charge in [0, 0.05) is 0 Å². The number of hydrogen-bond acceptors (Lipinski definition) is 2. The smallest absolute Gasteiger partial charge is 0.195 e. The fraction of sp³-hybridized carbons (Fsp3) is 1.00. The number of rotatable bonds is 7. The van der Waals surface area contributed by atoms with Crippen molar-refractivity contribution in [1.29, 1.82) is 0 Å². The Morgan fingerprint density at radius 1 is 0.917 bits per heavy atom. The van der Waals surface area contributed by atoms with Crippen LogP contribution in [0.5, 0.6) is 0 Å². The van der Waals surface area contributed by atoms with Gasteiger partial charge < -0.3 is 9.47 Å². The van der Waals surface area contributed by atoms with Crippen molar-refractivity contribution < 1.29 is 18.3 Å². The topological polar surface area (TPSA) is 18.5 Å². The monoisotopic (exact) mass is 182 g/mol. The molecule has 0 heterocycles. The predicted octanol–water partition coefficient (Wildman–Crippen LogP) is 2.43. The summed E-state index contributed by atoms with van der Waals surface area (Å²) in [6.07, 6.45) is -1.04. The molecule has 0 radical (unpaired) electrons. The molecule has 0 aromatic carbocycles. The minimum atomic E-state index is -1.22. The van der Waals surface area contributed by atoms with Crippen LogP contribution < -0.4 is 0 Å². The highest BCUT2D eigenvalue weighted by atomic mass is 19.1. The lowest BCUT2D eigenvalue weighted by molar-refractivity contribution is -0.0416. The van der Waals surface area contributed by atoms with Crippen molar-refractivity contribution in [2.45, 2.75) is 39.4 Å². The number of hydrogen-bond donors (Lipinski definition) is 0. The molecule has 0 spiro atoms. The van der Waals surface area contributed by atoms with E-state index in [4.69, 9.17) is 0 Å². The Kier molecular flexibility index (Phi) is 7.29. The minimum absolute atomic E-state index is 0.363. The summed E-state index contributed by atoms with van der Waals surface area (Å²) in [4.78, 5) is 0. The molecule has 12 heavy (non-hydrogen) atoms. The van der Waals surface area contributed by atoms with E-state index in [1.54, 1.807) is 0 Å². The van der Waals surface area contributed by atoms with E-state index in [0.29, 0.717) is 26.1 Å². The van der Waals surface area contributed by atoms with Crippen molar-refractivity contribution in [3.63, 3.8) is 0 Å². The van der Waals surface area contributed by atoms with Crippen LogP contribution in [-0.2, 0) is 9.47 Å². The van der Waals surface area contributed by atoms with E-state index in [9.17, 15) is 8.78 Å². The molecule has 0 saturated heterocycles. The standard InChI is InChI=1S/C8H16F2O2/c1-7(9)11-5-3-4-6-12-8(2)10/h7-8H,3-6H2,1-2H3. The maximum atomic E-state index is 12.0. The second kappa shape index (κ2) is 7.43. The molecule has 0 amide bonds. The average Bonchev–Trinajstić information content (AvgIpc) is 1.95. The second-order valence-corrected chi connectivity index (χ2v) is 2.53. The zero-order chi connectivity index (χ0) is 9.40. The highest BCUT2D eigenvalue weighted by Gasteiger charge is 1.98. The lowest BCUT2D eigenvalue weighted by Gasteiger charge is -2.05. The van der Waals surface area contributed by atoms with E-state index in [0.717, 1.165) is 0 Å². The molecule has 0 aliphatic heterocycles. The van der Waals surface area contributed by atoms with Crippen LogP contribution in [0.4, 0.5) is 8.78 Å². The molecule has 0 fully saturated rings. The SMILES string of the molecule is CC(F)OCCCCOC(C)F. The quantitative estimate of drug-likeness (QED) is 0.563. The summed E-state index contributed by atoms with van der Waals surface area (Å²) in [5, 5.41) is 0. The Morgan fingerprint density at radius 2 is 1.25 bits per heavy atom. The zero-order valence-electron chi connectivity index (χ0n) is 7.56. The fourth-order valence-corrected chi connectivity index (χ4v) is 0.696. The number of unbranched alkanes of at least 4 members (excludes halogenated alkanes) is 1. The summed E-state index contributed by atoms with van der Waals surface area (Å²) < 4.78 is 33.3. The summed E-state index contributed by atoms with van der Waals surface area (Å²) in [6.45, 7) is 3.39. The molecule has 2 nitrogen and oxygen atoms in total. The Balaban J connectivity index is 2.91. The van der Waals surface area contributed by atoms with Crippen molar-refractivity contribution >= 4 is 0 Å². The van der Waals surface area contributed by atoms with Gasteiger partial charge in [-0.3, -0.25) is 0 Å². The van der Waals surface area contributed by atoms with Gasteiger partial charge in [0.05, 0.1) is 13.2 Å². The summed E-state index contributed by atoms with van der Waals surface area (Å²) >= 11 is 0. The van der Waals surface area contributed by atoms with Gasteiger partial charge in [-0.15, -0.1) is 0 Å². The first kappa shape index (κ1) is 11.8. The van der Waals surface area contributed by atoms with Crippen LogP contribution in [0.25, 0.3) is 0 Å². The Morgan fingerprint density at radius 3 is 1.50 bits per heavy atom. The molecule has 0 rings (SSSR count). The number of alkyl halides is 2. The van der Waals surface area contributed by atoms with Gasteiger partial charge in [-0.1, -0.05) is 0 Å². The summed E-state index contributed by atoms with van der Waals surface area (Å²) in [5.41, 5.74) is 0. The highest BCUT2D eigenvalue weighted by Crippen LogP contribution is 1.98. The van der Waals surface area contributed by atoms with Crippen molar-refractivity contribution in [3.05, 3.63) is 0 Å². The maximum Gasteiger partial charge on any atom is 0.195 e. The molecule has 0 aliphatic carbocycles. The third-order valence-corrected chi connectivity index (χ3v) is 1.23. The van der Waals surface area contributed by atoms with Gasteiger partial charge in [-0.25, -0.2) is 8.78 Å². The van der Waals surface area contributed by atoms with E-state index in [2.05, 4.69) is 9.47 Å². The first-order valence-corrected chi connectivity index (χ1v) is 4.14. The lowest BCUT2D eigenvalue weighted by atomic mass is 10.3. The summed E-state index contributed by atoms with van der Waals surface area (Å²) in [5.74, 6) is 0. The van der Waals surface area contributed by atoms with Crippen LogP contribution in [0.3, 0.4) is 0 Å². The molecule has 4 heteroatoms. The van der Waals surface area contributed by atoms with Gasteiger partial charge in [0.2, 0.25) is 0 Å². The van der Waals surface area contributed by atoms with Crippen LogP contribution >= 0.6 is 0 Å². The second-order valence-electron chi connectivity index (χ2n) is 2.53. The minimum Gasteiger partial charge on any atom is -0.348 e. The third-order valence-electron chi connectivity index (χ3n) is 1.23. The number of ether oxygens (including phenoxy) is 2. The van der Waals surface area contributed by atoms with E-state index in [-0.39, 0.29) is 0 Å². The Hall–Kier alpha value is -0.220. The van der Waals surface area contributed by atoms with Crippen LogP contribution in [-0.4, -0.2) is 25.9 Å². The lowest BCUT2D eigenvalue weighted by Crippen LogP contribution is -2.06. The summed E-state index contributed by atoms with van der Waals surface area (Å²) in [6, 6.07) is 0. The molecule has 0 aromatic heterocycles. The van der Waals surface area contributed by atoms with Crippen molar-refractivity contribution in [1.82, 2.24) is 0 Å². The molecule has 0 bridgehead atoms. The molecular formula is C8H16F2O2. The van der Waals surface area contributed by atoms with Crippen molar-refractivity contribution in [2.24, 2.45) is 0 Å². The molecule has 0 N–H and O–H groups in total. The normalized spacial score (nSPS) is 16.0. The van der Waals surface area contributed by atoms with Crippen LogP contribution in [0.15, 0.2) is 0 Å². The zero-order valence-corrected chi connectivity index (χ0v) is 7.56. The van der Waals surface area contributed by atoms with Gasteiger partial charge in [0.15, 0.2) is 12.7 Å². The average molecular weight is 182 g/mol. The van der Waals surface area contributed by atoms with E-state index in [1.165, 1.54) is 13.8 Å². The molecule has 0 aliphatic rings. The van der Waals surface area contributed by atoms with Crippen LogP contribution in [0.1, 0.15) is 26.7 Å². The molecule has 0 aromatic rings. The van der Waals surface area contributed by atoms with Crippen LogP contribution in [0, 0.1) is 0 Å². The van der Waals surface area contributed by atoms with E-state index < -0.39 is 12.7 Å². The molecule has 74 valence electrons. The molecule has 2 unspecified atom stereocenters. The van der Waals surface area contributed by atoms with Gasteiger partial charge in [-0.05, 0) is 26.7 Å². The van der Waals surface area contributed by atoms with Crippen molar-refractivity contribution in [2.75, 3.05) is 13.2 Å². The van der Waals surface area contributed by atoms with E-state index in [1.807, 2.05) is 0 Å². The first-order chi connectivity index (χ1) is 5.63. The Labute approximate surface area is 71.9 Å². The Bertz CT molecular complexity index is 85.1. The van der Waals surface area contributed by atoms with Gasteiger partial charge in [-0.2, -0.15) is 0 Å². The highest BCUT2D eigenvalue weighted by molar-refractivity contribution is 4.39. The van der Waals surface area contributed by atoms with Gasteiger partial charge in [0.25, 0.3) is 0 Å². The fourth-order valence-electron chi connectivity index (χ4n) is 0.696. The predicted molar refractivity (Wildman–Crippen MR) is 42.3 cm³/mol. The van der Waals surface area contributed by atoms with Crippen LogP contribution in [0.2, 0.25) is 0 Å². The number of halogens is 2. The van der Waals surface area contributed by atoms with Crippen molar-refractivity contribution in [3.8, 4) is 0 Å². The molecule has 0 saturated carbocycles. The largest absolute Gasteiger partial charge is 0.348 e. The maximum absolute atomic E-state index is 12.0. The summed E-state index contributed by atoms with van der Waals surface area (Å²) in [7, 11) is 0. The first-order valence-electron chi connectivity index (χ1n) is 4.14.